The molecule has 0 spiro atoms. The van der Waals surface area contributed by atoms with Crippen molar-refractivity contribution in [3.8, 4) is 11.5 Å². The number of nitrogens with zero attached hydrogens (tertiary/aromatic N) is 3. The third kappa shape index (κ3) is 7.00. The van der Waals surface area contributed by atoms with Gasteiger partial charge in [0.25, 0.3) is 5.56 Å². The molecule has 0 saturated heterocycles. The smallest absolute Gasteiger partial charge is 0.344 e. The van der Waals surface area contributed by atoms with Crippen LogP contribution in [0.25, 0.3) is 10.9 Å². The first-order valence-electron chi connectivity index (χ1n) is 11.8. The number of hydrogen-bond acceptors (Lipinski definition) is 7. The molecule has 2 aromatic carbocycles. The first-order valence-corrected chi connectivity index (χ1v) is 14.2. The number of hydrogen-bond donors (Lipinski definition) is 0. The predicted octanol–water partition coefficient (Wildman–Crippen LogP) is 6.81. The Morgan fingerprint density at radius 1 is 1.11 bits per heavy atom. The van der Waals surface area contributed by atoms with Gasteiger partial charge in [0.2, 0.25) is 0 Å². The molecule has 3 aromatic rings. The minimum absolute atomic E-state index is 0.00781. The van der Waals surface area contributed by atoms with Gasteiger partial charge in [-0.2, -0.15) is 9.78 Å². The molecule has 1 atom stereocenters. The van der Waals surface area contributed by atoms with Gasteiger partial charge in [0.15, 0.2) is 18.1 Å². The van der Waals surface area contributed by atoms with Crippen molar-refractivity contribution in [2.75, 3.05) is 13.2 Å². The molecule has 0 aliphatic heterocycles. The molecule has 0 fully saturated rings. The van der Waals surface area contributed by atoms with Gasteiger partial charge in [0.1, 0.15) is 5.82 Å². The molecule has 3 rings (SSSR count). The Morgan fingerprint density at radius 2 is 1.84 bits per heavy atom. The van der Waals surface area contributed by atoms with Crippen molar-refractivity contribution in [3.63, 3.8) is 0 Å². The molecule has 0 aliphatic rings. The molecule has 198 valence electrons. The van der Waals surface area contributed by atoms with Crippen LogP contribution in [0.3, 0.4) is 0 Å². The fourth-order valence-corrected chi connectivity index (χ4v) is 4.72. The molecule has 0 amide bonds. The second-order valence-electron chi connectivity index (χ2n) is 8.48. The Hall–Kier alpha value is -2.24. The van der Waals surface area contributed by atoms with Crippen molar-refractivity contribution in [1.82, 2.24) is 9.66 Å². The molecule has 1 aromatic heterocycles. The molecule has 0 aliphatic carbocycles. The van der Waals surface area contributed by atoms with Crippen molar-refractivity contribution in [1.29, 1.82) is 0 Å². The first kappa shape index (κ1) is 29.3. The van der Waals surface area contributed by atoms with Crippen LogP contribution in [-0.4, -0.2) is 41.2 Å². The van der Waals surface area contributed by atoms with Crippen LogP contribution in [-0.2, 0) is 9.53 Å². The minimum atomic E-state index is -0.488. The SMILES string of the molecule is CCOc1cc(C=Nn2c([C@@H](C)CC)nc3ccc(Br)cc3c2=O)c(Br)c(Br)c1OCC(=O)OC(C)C. The van der Waals surface area contributed by atoms with Crippen LogP contribution in [0.5, 0.6) is 11.5 Å². The van der Waals surface area contributed by atoms with Gasteiger partial charge in [0, 0.05) is 20.4 Å². The quantitative estimate of drug-likeness (QED) is 0.171. The monoisotopic (exact) mass is 699 g/mol. The van der Waals surface area contributed by atoms with Crippen molar-refractivity contribution in [2.24, 2.45) is 5.10 Å². The number of ether oxygens (including phenoxy) is 3. The highest BCUT2D eigenvalue weighted by molar-refractivity contribution is 9.13. The summed E-state index contributed by atoms with van der Waals surface area (Å²) in [7, 11) is 0. The first-order chi connectivity index (χ1) is 17.6. The number of halogens is 3. The van der Waals surface area contributed by atoms with E-state index in [0.29, 0.717) is 49.3 Å². The Kier molecular flexibility index (Phi) is 10.3. The zero-order valence-corrected chi connectivity index (χ0v) is 25.9. The number of aromatic nitrogens is 2. The van der Waals surface area contributed by atoms with E-state index < -0.39 is 5.97 Å². The van der Waals surface area contributed by atoms with Crippen molar-refractivity contribution < 1.29 is 19.0 Å². The van der Waals surface area contributed by atoms with E-state index >= 15 is 0 Å². The third-order valence-corrected chi connectivity index (χ3v) is 7.99. The number of benzene rings is 2. The van der Waals surface area contributed by atoms with E-state index in [4.69, 9.17) is 19.2 Å². The number of carbonyl (C=O) groups excluding carboxylic acids is 1. The standard InChI is InChI=1S/C26H28Br3N3O5/c1-6-15(5)25-31-19-9-8-17(27)11-18(19)26(34)32(25)30-12-16-10-20(35-7-2)24(23(29)22(16)28)36-13-21(33)37-14(3)4/h8-12,14-15H,6-7,13H2,1-5H3/t15-/m0/s1. The molecule has 0 N–H and O–H groups in total. The summed E-state index contributed by atoms with van der Waals surface area (Å²) in [4.78, 5) is 30.2. The zero-order chi connectivity index (χ0) is 27.3. The third-order valence-electron chi connectivity index (χ3n) is 5.36. The molecule has 0 radical (unpaired) electrons. The van der Waals surface area contributed by atoms with Crippen LogP contribution in [0.2, 0.25) is 0 Å². The lowest BCUT2D eigenvalue weighted by atomic mass is 10.1. The van der Waals surface area contributed by atoms with E-state index in [-0.39, 0.29) is 24.2 Å². The van der Waals surface area contributed by atoms with Crippen LogP contribution < -0.4 is 15.0 Å². The summed E-state index contributed by atoms with van der Waals surface area (Å²) in [5.41, 5.74) is 0.987. The van der Waals surface area contributed by atoms with Gasteiger partial charge in [-0.05, 0) is 83.3 Å². The Bertz CT molecular complexity index is 1390. The van der Waals surface area contributed by atoms with Crippen molar-refractivity contribution in [2.45, 2.75) is 53.1 Å². The summed E-state index contributed by atoms with van der Waals surface area (Å²) in [6.07, 6.45) is 2.11. The maximum Gasteiger partial charge on any atom is 0.344 e. The van der Waals surface area contributed by atoms with E-state index in [1.165, 1.54) is 4.68 Å². The average Bonchev–Trinajstić information content (AvgIpc) is 2.85. The maximum absolute atomic E-state index is 13.4. The fourth-order valence-electron chi connectivity index (χ4n) is 3.42. The second-order valence-corrected chi connectivity index (χ2v) is 11.0. The van der Waals surface area contributed by atoms with Crippen molar-refractivity contribution >= 4 is 70.9 Å². The summed E-state index contributed by atoms with van der Waals surface area (Å²) in [6.45, 7) is 9.53. The molecular formula is C26H28Br3N3O5. The van der Waals surface area contributed by atoms with Gasteiger partial charge in [-0.15, -0.1) is 0 Å². The Labute approximate surface area is 240 Å². The van der Waals surface area contributed by atoms with Crippen LogP contribution in [0, 0.1) is 0 Å². The number of rotatable bonds is 10. The zero-order valence-electron chi connectivity index (χ0n) is 21.2. The van der Waals surface area contributed by atoms with E-state index in [9.17, 15) is 9.59 Å². The number of esters is 1. The van der Waals surface area contributed by atoms with E-state index in [1.54, 1.807) is 32.2 Å². The van der Waals surface area contributed by atoms with Gasteiger partial charge in [-0.3, -0.25) is 4.79 Å². The summed E-state index contributed by atoms with van der Waals surface area (Å²) in [5.74, 6) is 0.849. The van der Waals surface area contributed by atoms with E-state index in [1.807, 2.05) is 32.9 Å². The van der Waals surface area contributed by atoms with Crippen LogP contribution in [0.4, 0.5) is 0 Å². The summed E-state index contributed by atoms with van der Waals surface area (Å²) >= 11 is 10.5. The minimum Gasteiger partial charge on any atom is -0.490 e. The predicted molar refractivity (Wildman–Crippen MR) is 155 cm³/mol. The summed E-state index contributed by atoms with van der Waals surface area (Å²) < 4.78 is 19.9. The molecule has 0 saturated carbocycles. The van der Waals surface area contributed by atoms with E-state index in [0.717, 1.165) is 10.9 Å². The highest BCUT2D eigenvalue weighted by atomic mass is 79.9. The van der Waals surface area contributed by atoms with E-state index in [2.05, 4.69) is 52.9 Å². The highest BCUT2D eigenvalue weighted by Crippen LogP contribution is 2.42. The highest BCUT2D eigenvalue weighted by Gasteiger charge is 2.20. The largest absolute Gasteiger partial charge is 0.490 e. The van der Waals surface area contributed by atoms with Crippen molar-refractivity contribution in [3.05, 3.63) is 59.4 Å². The number of carbonyl (C=O) groups is 1. The summed E-state index contributed by atoms with van der Waals surface area (Å²) in [6, 6.07) is 7.15. The van der Waals surface area contributed by atoms with Gasteiger partial charge in [0.05, 0.1) is 34.3 Å². The lowest BCUT2D eigenvalue weighted by Crippen LogP contribution is -2.23. The van der Waals surface area contributed by atoms with Gasteiger partial charge < -0.3 is 14.2 Å². The molecule has 0 bridgehead atoms. The normalized spacial score (nSPS) is 12.4. The maximum atomic E-state index is 13.4. The van der Waals surface area contributed by atoms with Gasteiger partial charge >= 0.3 is 5.97 Å². The molecule has 11 heteroatoms. The molecule has 0 unspecified atom stereocenters. The second kappa shape index (κ2) is 13.0. The fraction of sp³-hybridized carbons (Fsp3) is 0.385. The topological polar surface area (TPSA) is 92.0 Å². The molecule has 37 heavy (non-hydrogen) atoms. The van der Waals surface area contributed by atoms with Crippen LogP contribution in [0.1, 0.15) is 58.3 Å². The molecular weight excluding hydrogens is 674 g/mol. The Balaban J connectivity index is 2.07. The summed E-state index contributed by atoms with van der Waals surface area (Å²) in [5, 5.41) is 5.01. The molecule has 8 nitrogen and oxygen atoms in total. The van der Waals surface area contributed by atoms with Gasteiger partial charge in [-0.25, -0.2) is 9.78 Å². The lowest BCUT2D eigenvalue weighted by Gasteiger charge is -2.17. The van der Waals surface area contributed by atoms with Crippen LogP contribution in [0.15, 0.2) is 47.6 Å². The lowest BCUT2D eigenvalue weighted by molar-refractivity contribution is -0.149. The average molecular weight is 702 g/mol. The number of fused-ring (bicyclic) bond motifs is 1. The van der Waals surface area contributed by atoms with Gasteiger partial charge in [-0.1, -0.05) is 29.8 Å². The Morgan fingerprint density at radius 3 is 2.49 bits per heavy atom. The molecule has 1 heterocycles. The van der Waals surface area contributed by atoms with Crippen LogP contribution >= 0.6 is 47.8 Å².